The van der Waals surface area contributed by atoms with Crippen LogP contribution >= 0.6 is 0 Å². The second-order valence-electron chi connectivity index (χ2n) is 3.60. The number of halogens is 2. The van der Waals surface area contributed by atoms with E-state index in [0.29, 0.717) is 0 Å². The molecular weight excluding hydrogens is 222 g/mol. The van der Waals surface area contributed by atoms with Crippen molar-refractivity contribution in [3.05, 3.63) is 48.3 Å². The van der Waals surface area contributed by atoms with Gasteiger partial charge in [0.15, 0.2) is 0 Å². The first kappa shape index (κ1) is 11.5. The molecule has 1 aromatic carbocycles. The fourth-order valence-electron chi connectivity index (χ4n) is 1.60. The molecule has 0 saturated carbocycles. The third kappa shape index (κ3) is 2.58. The SMILES string of the molecule is CNc1cccc(-c2ccnc(C(F)F)c2)c1. The highest BCUT2D eigenvalue weighted by Crippen LogP contribution is 2.25. The van der Waals surface area contributed by atoms with E-state index in [9.17, 15) is 8.78 Å². The highest BCUT2D eigenvalue weighted by Gasteiger charge is 2.09. The molecule has 1 aromatic heterocycles. The van der Waals surface area contributed by atoms with E-state index in [2.05, 4.69) is 10.3 Å². The maximum atomic E-state index is 12.5. The summed E-state index contributed by atoms with van der Waals surface area (Å²) >= 11 is 0. The Kier molecular flexibility index (Phi) is 3.32. The van der Waals surface area contributed by atoms with Crippen LogP contribution in [0.4, 0.5) is 14.5 Å². The third-order valence-electron chi connectivity index (χ3n) is 2.49. The standard InChI is InChI=1S/C13H12F2N2/c1-16-11-4-2-3-9(7-11)10-5-6-17-12(8-10)13(14)15/h2-8,13,16H,1H3. The summed E-state index contributed by atoms with van der Waals surface area (Å²) in [6.07, 6.45) is -1.13. The van der Waals surface area contributed by atoms with Crippen LogP contribution in [0.3, 0.4) is 0 Å². The minimum atomic E-state index is -2.54. The molecule has 0 spiro atoms. The summed E-state index contributed by atoms with van der Waals surface area (Å²) in [6.45, 7) is 0. The zero-order valence-corrected chi connectivity index (χ0v) is 9.32. The quantitative estimate of drug-likeness (QED) is 0.875. The molecule has 0 aliphatic heterocycles. The average Bonchev–Trinajstić information content (AvgIpc) is 2.39. The van der Waals surface area contributed by atoms with Crippen molar-refractivity contribution < 1.29 is 8.78 Å². The van der Waals surface area contributed by atoms with E-state index in [1.165, 1.54) is 12.3 Å². The molecule has 88 valence electrons. The predicted molar refractivity (Wildman–Crippen MR) is 64.2 cm³/mol. The summed E-state index contributed by atoms with van der Waals surface area (Å²) in [5, 5.41) is 3.01. The molecule has 2 rings (SSSR count). The van der Waals surface area contributed by atoms with Gasteiger partial charge in [-0.2, -0.15) is 0 Å². The lowest BCUT2D eigenvalue weighted by Crippen LogP contribution is -1.91. The zero-order valence-electron chi connectivity index (χ0n) is 9.32. The van der Waals surface area contributed by atoms with Crippen LogP contribution in [0.5, 0.6) is 0 Å². The van der Waals surface area contributed by atoms with Gasteiger partial charge in [0.05, 0.1) is 0 Å². The molecule has 0 saturated heterocycles. The third-order valence-corrected chi connectivity index (χ3v) is 2.49. The smallest absolute Gasteiger partial charge is 0.280 e. The van der Waals surface area contributed by atoms with Crippen LogP contribution in [0.15, 0.2) is 42.6 Å². The largest absolute Gasteiger partial charge is 0.388 e. The van der Waals surface area contributed by atoms with Crippen molar-refractivity contribution in [3.8, 4) is 11.1 Å². The Labute approximate surface area is 98.3 Å². The molecular formula is C13H12F2N2. The lowest BCUT2D eigenvalue weighted by molar-refractivity contribution is 0.146. The van der Waals surface area contributed by atoms with E-state index in [0.717, 1.165) is 16.8 Å². The van der Waals surface area contributed by atoms with Gasteiger partial charge in [-0.1, -0.05) is 12.1 Å². The van der Waals surface area contributed by atoms with E-state index < -0.39 is 6.43 Å². The van der Waals surface area contributed by atoms with E-state index in [-0.39, 0.29) is 5.69 Å². The first-order chi connectivity index (χ1) is 8.20. The number of pyridine rings is 1. The molecule has 0 atom stereocenters. The normalized spacial score (nSPS) is 10.6. The van der Waals surface area contributed by atoms with E-state index in [1.54, 1.807) is 6.07 Å². The summed E-state index contributed by atoms with van der Waals surface area (Å²) in [4.78, 5) is 3.64. The number of hydrogen-bond acceptors (Lipinski definition) is 2. The number of aromatic nitrogens is 1. The average molecular weight is 234 g/mol. The highest BCUT2D eigenvalue weighted by molar-refractivity contribution is 5.68. The van der Waals surface area contributed by atoms with Crippen LogP contribution in [0, 0.1) is 0 Å². The Morgan fingerprint density at radius 1 is 1.12 bits per heavy atom. The van der Waals surface area contributed by atoms with Gasteiger partial charge in [0.25, 0.3) is 6.43 Å². The number of nitrogens with one attached hydrogen (secondary N) is 1. The van der Waals surface area contributed by atoms with Crippen molar-refractivity contribution in [3.63, 3.8) is 0 Å². The van der Waals surface area contributed by atoms with Gasteiger partial charge >= 0.3 is 0 Å². The molecule has 1 heterocycles. The molecule has 0 unspecified atom stereocenters. The Balaban J connectivity index is 2.41. The molecule has 1 N–H and O–H groups in total. The van der Waals surface area contributed by atoms with Crippen molar-refractivity contribution in [1.82, 2.24) is 4.98 Å². The topological polar surface area (TPSA) is 24.9 Å². The van der Waals surface area contributed by atoms with Gasteiger partial charge in [-0.3, -0.25) is 4.98 Å². The van der Waals surface area contributed by atoms with Gasteiger partial charge in [0, 0.05) is 18.9 Å². The summed E-state index contributed by atoms with van der Waals surface area (Å²) in [5.74, 6) is 0. The van der Waals surface area contributed by atoms with Crippen LogP contribution < -0.4 is 5.32 Å². The number of rotatable bonds is 3. The van der Waals surface area contributed by atoms with Gasteiger partial charge in [0.2, 0.25) is 0 Å². The summed E-state index contributed by atoms with van der Waals surface area (Å²) in [5.41, 5.74) is 2.38. The first-order valence-electron chi connectivity index (χ1n) is 5.23. The molecule has 0 amide bonds. The molecule has 0 aliphatic rings. The van der Waals surface area contributed by atoms with Gasteiger partial charge in [-0.15, -0.1) is 0 Å². The Bertz CT molecular complexity index is 512. The Hall–Kier alpha value is -1.97. The molecule has 0 aliphatic carbocycles. The summed E-state index contributed by atoms with van der Waals surface area (Å²) in [6, 6.07) is 10.7. The minimum Gasteiger partial charge on any atom is -0.388 e. The Morgan fingerprint density at radius 3 is 2.59 bits per heavy atom. The second kappa shape index (κ2) is 4.91. The summed E-state index contributed by atoms with van der Waals surface area (Å²) in [7, 11) is 1.82. The minimum absolute atomic E-state index is 0.197. The number of nitrogens with zero attached hydrogens (tertiary/aromatic N) is 1. The first-order valence-corrected chi connectivity index (χ1v) is 5.23. The molecule has 0 radical (unpaired) electrons. The van der Waals surface area contributed by atoms with Crippen LogP contribution in [-0.2, 0) is 0 Å². The number of alkyl halides is 2. The van der Waals surface area contributed by atoms with Crippen molar-refractivity contribution in [2.45, 2.75) is 6.43 Å². The lowest BCUT2D eigenvalue weighted by atomic mass is 10.1. The second-order valence-corrected chi connectivity index (χ2v) is 3.60. The number of hydrogen-bond donors (Lipinski definition) is 1. The van der Waals surface area contributed by atoms with Gasteiger partial charge in [-0.05, 0) is 35.4 Å². The van der Waals surface area contributed by atoms with E-state index in [4.69, 9.17) is 0 Å². The lowest BCUT2D eigenvalue weighted by Gasteiger charge is -2.06. The number of anilines is 1. The van der Waals surface area contributed by atoms with Crippen LogP contribution in [0.2, 0.25) is 0 Å². The molecule has 2 aromatic rings. The fraction of sp³-hybridized carbons (Fsp3) is 0.154. The number of benzene rings is 1. The van der Waals surface area contributed by atoms with E-state index >= 15 is 0 Å². The Morgan fingerprint density at radius 2 is 1.88 bits per heavy atom. The van der Waals surface area contributed by atoms with Crippen molar-refractivity contribution in [2.75, 3.05) is 12.4 Å². The van der Waals surface area contributed by atoms with Gasteiger partial charge < -0.3 is 5.32 Å². The van der Waals surface area contributed by atoms with E-state index in [1.807, 2.05) is 31.3 Å². The summed E-state index contributed by atoms with van der Waals surface area (Å²) < 4.78 is 25.1. The van der Waals surface area contributed by atoms with Crippen LogP contribution in [0.25, 0.3) is 11.1 Å². The van der Waals surface area contributed by atoms with Gasteiger partial charge in [0.1, 0.15) is 5.69 Å². The fourth-order valence-corrected chi connectivity index (χ4v) is 1.60. The van der Waals surface area contributed by atoms with Crippen molar-refractivity contribution in [2.24, 2.45) is 0 Å². The molecule has 17 heavy (non-hydrogen) atoms. The highest BCUT2D eigenvalue weighted by atomic mass is 19.3. The molecule has 2 nitrogen and oxygen atoms in total. The van der Waals surface area contributed by atoms with Crippen molar-refractivity contribution in [1.29, 1.82) is 0 Å². The monoisotopic (exact) mass is 234 g/mol. The predicted octanol–water partition coefficient (Wildman–Crippen LogP) is 3.73. The molecule has 0 bridgehead atoms. The maximum Gasteiger partial charge on any atom is 0.280 e. The molecule has 0 fully saturated rings. The van der Waals surface area contributed by atoms with Crippen molar-refractivity contribution >= 4 is 5.69 Å². The van der Waals surface area contributed by atoms with Crippen LogP contribution in [-0.4, -0.2) is 12.0 Å². The van der Waals surface area contributed by atoms with Crippen LogP contribution in [0.1, 0.15) is 12.1 Å². The zero-order chi connectivity index (χ0) is 12.3. The van der Waals surface area contributed by atoms with Gasteiger partial charge in [-0.25, -0.2) is 8.78 Å². The maximum absolute atomic E-state index is 12.5. The molecule has 4 heteroatoms.